The van der Waals surface area contributed by atoms with Crippen molar-refractivity contribution in [1.29, 1.82) is 5.26 Å². The number of aryl methyl sites for hydroxylation is 1. The number of thiophene rings is 1. The number of nitrogens with one attached hydrogen (secondary N) is 1. The Hall–Kier alpha value is -2.10. The Morgan fingerprint density at radius 1 is 1.42 bits per heavy atom. The summed E-state index contributed by atoms with van der Waals surface area (Å²) in [7, 11) is 1.75. The minimum atomic E-state index is -0.380. The highest BCUT2D eigenvalue weighted by Crippen LogP contribution is 2.23. The standard InChI is InChI=1S/C17H18ClN3O2S/c1-10-13(11(2)20-17(23)14(10)8-19)5-7-16(22)21(3)9-12-4-6-15(18)24-12/h4,6H,5,7,9H2,1-3H3,(H,20,23). The topological polar surface area (TPSA) is 77.0 Å². The molecule has 2 rings (SSSR count). The molecule has 2 heterocycles. The normalized spacial score (nSPS) is 10.5. The van der Waals surface area contributed by atoms with Crippen LogP contribution in [0.1, 0.15) is 33.7 Å². The molecule has 0 unspecified atom stereocenters. The van der Waals surface area contributed by atoms with Crippen LogP contribution in [0.3, 0.4) is 0 Å². The molecule has 0 aliphatic heterocycles. The van der Waals surface area contributed by atoms with Crippen molar-refractivity contribution in [3.05, 3.63) is 54.1 Å². The molecule has 7 heteroatoms. The van der Waals surface area contributed by atoms with Crippen molar-refractivity contribution in [3.8, 4) is 6.07 Å². The predicted octanol–water partition coefficient (Wildman–Crippen LogP) is 3.17. The van der Waals surface area contributed by atoms with Crippen LogP contribution in [0.5, 0.6) is 0 Å². The lowest BCUT2D eigenvalue weighted by Crippen LogP contribution is -2.26. The van der Waals surface area contributed by atoms with Gasteiger partial charge in [0.1, 0.15) is 11.6 Å². The maximum Gasteiger partial charge on any atom is 0.266 e. The van der Waals surface area contributed by atoms with Crippen molar-refractivity contribution in [1.82, 2.24) is 9.88 Å². The molecule has 0 aromatic carbocycles. The lowest BCUT2D eigenvalue weighted by atomic mass is 9.99. The second-order valence-electron chi connectivity index (χ2n) is 5.63. The van der Waals surface area contributed by atoms with Crippen LogP contribution in [-0.4, -0.2) is 22.8 Å². The number of hydrogen-bond acceptors (Lipinski definition) is 4. The quantitative estimate of drug-likeness (QED) is 0.886. The summed E-state index contributed by atoms with van der Waals surface area (Å²) in [6, 6.07) is 5.65. The Bertz CT molecular complexity index is 864. The van der Waals surface area contributed by atoms with Crippen molar-refractivity contribution < 1.29 is 4.79 Å². The van der Waals surface area contributed by atoms with Crippen LogP contribution in [0.2, 0.25) is 4.34 Å². The van der Waals surface area contributed by atoms with E-state index in [0.717, 1.165) is 10.4 Å². The molecule has 126 valence electrons. The van der Waals surface area contributed by atoms with Gasteiger partial charge in [-0.25, -0.2) is 0 Å². The number of carbonyl (C=O) groups excluding carboxylic acids is 1. The summed E-state index contributed by atoms with van der Waals surface area (Å²) in [4.78, 5) is 29.4. The highest BCUT2D eigenvalue weighted by Gasteiger charge is 2.15. The van der Waals surface area contributed by atoms with Gasteiger partial charge < -0.3 is 9.88 Å². The first-order chi connectivity index (χ1) is 11.3. The number of aromatic amines is 1. The first-order valence-electron chi connectivity index (χ1n) is 7.44. The average Bonchev–Trinajstić information content (AvgIpc) is 2.91. The zero-order valence-corrected chi connectivity index (χ0v) is 15.3. The molecule has 1 amide bonds. The summed E-state index contributed by atoms with van der Waals surface area (Å²) in [5.41, 5.74) is 1.95. The molecule has 0 atom stereocenters. The first-order valence-corrected chi connectivity index (χ1v) is 8.63. The third-order valence-corrected chi connectivity index (χ3v) is 5.17. The Labute approximate surface area is 149 Å². The fourth-order valence-corrected chi connectivity index (χ4v) is 3.74. The molecule has 0 saturated heterocycles. The summed E-state index contributed by atoms with van der Waals surface area (Å²) in [6.07, 6.45) is 0.797. The van der Waals surface area contributed by atoms with E-state index in [-0.39, 0.29) is 17.0 Å². The summed E-state index contributed by atoms with van der Waals surface area (Å²) >= 11 is 7.36. The second kappa shape index (κ2) is 7.65. The third kappa shape index (κ3) is 4.05. The molecule has 2 aromatic heterocycles. The number of nitriles is 1. The maximum atomic E-state index is 12.3. The highest BCUT2D eigenvalue weighted by molar-refractivity contribution is 7.16. The van der Waals surface area contributed by atoms with Crippen molar-refractivity contribution in [2.45, 2.75) is 33.2 Å². The summed E-state index contributed by atoms with van der Waals surface area (Å²) in [5.74, 6) is 0.00281. The number of carbonyl (C=O) groups is 1. The second-order valence-corrected chi connectivity index (χ2v) is 7.42. The molecule has 24 heavy (non-hydrogen) atoms. The fraction of sp³-hybridized carbons (Fsp3) is 0.353. The van der Waals surface area contributed by atoms with Crippen molar-refractivity contribution in [3.63, 3.8) is 0 Å². The van der Waals surface area contributed by atoms with Crippen LogP contribution in [-0.2, 0) is 17.8 Å². The van der Waals surface area contributed by atoms with E-state index in [4.69, 9.17) is 16.9 Å². The van der Waals surface area contributed by atoms with Gasteiger partial charge in [0, 0.05) is 24.0 Å². The number of aromatic nitrogens is 1. The number of H-pyrrole nitrogens is 1. The zero-order valence-electron chi connectivity index (χ0n) is 13.8. The lowest BCUT2D eigenvalue weighted by Gasteiger charge is -2.17. The summed E-state index contributed by atoms with van der Waals surface area (Å²) in [5, 5.41) is 9.09. The molecule has 0 aliphatic rings. The van der Waals surface area contributed by atoms with E-state index in [0.29, 0.717) is 35.0 Å². The minimum absolute atomic E-state index is 0.00281. The first kappa shape index (κ1) is 18.2. The SMILES string of the molecule is Cc1[nH]c(=O)c(C#N)c(C)c1CCC(=O)N(C)Cc1ccc(Cl)s1. The Morgan fingerprint density at radius 2 is 2.12 bits per heavy atom. The molecular formula is C17H18ClN3O2S. The average molecular weight is 364 g/mol. The van der Waals surface area contributed by atoms with Crippen molar-refractivity contribution in [2.75, 3.05) is 7.05 Å². The molecular weight excluding hydrogens is 346 g/mol. The number of hydrogen-bond donors (Lipinski definition) is 1. The van der Waals surface area contributed by atoms with E-state index in [9.17, 15) is 9.59 Å². The van der Waals surface area contributed by atoms with Crippen LogP contribution in [0.4, 0.5) is 0 Å². The molecule has 5 nitrogen and oxygen atoms in total. The fourth-order valence-electron chi connectivity index (χ4n) is 2.60. The van der Waals surface area contributed by atoms with E-state index in [1.165, 1.54) is 11.3 Å². The van der Waals surface area contributed by atoms with Crippen LogP contribution >= 0.6 is 22.9 Å². The summed E-state index contributed by atoms with van der Waals surface area (Å²) < 4.78 is 0.703. The van der Waals surface area contributed by atoms with Gasteiger partial charge >= 0.3 is 0 Å². The van der Waals surface area contributed by atoms with Gasteiger partial charge in [0.2, 0.25) is 5.91 Å². The van der Waals surface area contributed by atoms with Gasteiger partial charge in [-0.3, -0.25) is 9.59 Å². The molecule has 0 fully saturated rings. The zero-order chi connectivity index (χ0) is 17.9. The highest BCUT2D eigenvalue weighted by atomic mass is 35.5. The van der Waals surface area contributed by atoms with E-state index >= 15 is 0 Å². The molecule has 0 radical (unpaired) electrons. The van der Waals surface area contributed by atoms with E-state index in [1.54, 1.807) is 25.8 Å². The van der Waals surface area contributed by atoms with Crippen LogP contribution in [0, 0.1) is 25.2 Å². The maximum absolute atomic E-state index is 12.3. The van der Waals surface area contributed by atoms with Gasteiger partial charge in [-0.2, -0.15) is 5.26 Å². The van der Waals surface area contributed by atoms with Crippen LogP contribution in [0.15, 0.2) is 16.9 Å². The monoisotopic (exact) mass is 363 g/mol. The lowest BCUT2D eigenvalue weighted by molar-refractivity contribution is -0.130. The summed E-state index contributed by atoms with van der Waals surface area (Å²) in [6.45, 7) is 4.05. The molecule has 2 aromatic rings. The number of rotatable bonds is 5. The van der Waals surface area contributed by atoms with E-state index < -0.39 is 0 Å². The third-order valence-electron chi connectivity index (χ3n) is 3.96. The van der Waals surface area contributed by atoms with Crippen molar-refractivity contribution in [2.24, 2.45) is 0 Å². The number of nitrogens with zero attached hydrogens (tertiary/aromatic N) is 2. The molecule has 0 spiro atoms. The van der Waals surface area contributed by atoms with Gasteiger partial charge in [-0.1, -0.05) is 11.6 Å². The van der Waals surface area contributed by atoms with Gasteiger partial charge in [0.05, 0.1) is 10.9 Å². The number of halogens is 1. The van der Waals surface area contributed by atoms with Gasteiger partial charge in [-0.15, -0.1) is 11.3 Å². The van der Waals surface area contributed by atoms with Crippen molar-refractivity contribution >= 4 is 28.8 Å². The largest absolute Gasteiger partial charge is 0.341 e. The van der Waals surface area contributed by atoms with E-state index in [2.05, 4.69) is 4.98 Å². The Balaban J connectivity index is 2.06. The Morgan fingerprint density at radius 3 is 2.71 bits per heavy atom. The van der Waals surface area contributed by atoms with Gasteiger partial charge in [0.25, 0.3) is 5.56 Å². The van der Waals surface area contributed by atoms with E-state index in [1.807, 2.05) is 18.2 Å². The van der Waals surface area contributed by atoms with Gasteiger partial charge in [-0.05, 0) is 43.5 Å². The molecule has 1 N–H and O–H groups in total. The molecule has 0 aliphatic carbocycles. The molecule has 0 saturated carbocycles. The number of amides is 1. The Kier molecular flexibility index (Phi) is 5.81. The van der Waals surface area contributed by atoms with Crippen LogP contribution < -0.4 is 5.56 Å². The minimum Gasteiger partial charge on any atom is -0.341 e. The van der Waals surface area contributed by atoms with Crippen LogP contribution in [0.25, 0.3) is 0 Å². The van der Waals surface area contributed by atoms with Gasteiger partial charge in [0.15, 0.2) is 0 Å². The smallest absolute Gasteiger partial charge is 0.266 e. The number of pyridine rings is 1. The molecule has 0 bridgehead atoms. The predicted molar refractivity (Wildman–Crippen MR) is 95.4 cm³/mol.